The minimum atomic E-state index is -0.258. The number of amides is 1. The molecule has 0 aliphatic carbocycles. The van der Waals surface area contributed by atoms with Gasteiger partial charge in [-0.05, 0) is 12.5 Å². The van der Waals surface area contributed by atoms with Crippen LogP contribution < -0.4 is 5.73 Å². The van der Waals surface area contributed by atoms with Gasteiger partial charge >= 0.3 is 0 Å². The number of nitrogens with two attached hydrogens (primary N) is 1. The minimum Gasteiger partial charge on any atom is -0.375 e. The van der Waals surface area contributed by atoms with Crippen molar-refractivity contribution in [2.75, 3.05) is 19.7 Å². The van der Waals surface area contributed by atoms with Gasteiger partial charge in [0.2, 0.25) is 5.91 Å². The summed E-state index contributed by atoms with van der Waals surface area (Å²) in [5.74, 6) is -0.0980. The molecule has 19 heavy (non-hydrogen) atoms. The Kier molecular flexibility index (Phi) is 4.56. The van der Waals surface area contributed by atoms with Crippen LogP contribution in [-0.4, -0.2) is 36.6 Å². The summed E-state index contributed by atoms with van der Waals surface area (Å²) in [4.78, 5) is 14.3. The van der Waals surface area contributed by atoms with Crippen molar-refractivity contribution in [3.8, 4) is 0 Å². The molecule has 3 atom stereocenters. The first-order chi connectivity index (χ1) is 9.09. The Labute approximate surface area is 114 Å². The van der Waals surface area contributed by atoms with Gasteiger partial charge in [0.05, 0.1) is 18.6 Å². The van der Waals surface area contributed by atoms with Crippen molar-refractivity contribution in [2.45, 2.75) is 26.0 Å². The first-order valence-corrected chi connectivity index (χ1v) is 6.80. The molecule has 3 unspecified atom stereocenters. The van der Waals surface area contributed by atoms with Crippen molar-refractivity contribution in [2.24, 2.45) is 11.7 Å². The van der Waals surface area contributed by atoms with Crippen molar-refractivity contribution in [1.82, 2.24) is 4.90 Å². The number of rotatable bonds is 3. The number of carbonyl (C=O) groups excluding carboxylic acids is 1. The topological polar surface area (TPSA) is 55.6 Å². The number of nitrogens with zero attached hydrogens (tertiary/aromatic N) is 1. The van der Waals surface area contributed by atoms with Crippen molar-refractivity contribution in [1.29, 1.82) is 0 Å². The Morgan fingerprint density at radius 3 is 2.74 bits per heavy atom. The molecule has 1 aliphatic rings. The van der Waals surface area contributed by atoms with E-state index in [0.29, 0.717) is 19.7 Å². The first kappa shape index (κ1) is 14.0. The van der Waals surface area contributed by atoms with Gasteiger partial charge in [-0.3, -0.25) is 4.79 Å². The standard InChI is InChI=1S/C15H22N2O2/c1-11-10-17(8-9-19-11)15(18)12(2)14(16)13-6-4-3-5-7-13/h3-7,11-12,14H,8-10,16H2,1-2H3. The van der Waals surface area contributed by atoms with E-state index in [1.165, 1.54) is 0 Å². The maximum Gasteiger partial charge on any atom is 0.227 e. The average Bonchev–Trinajstić information content (AvgIpc) is 2.46. The van der Waals surface area contributed by atoms with Crippen LogP contribution in [0.25, 0.3) is 0 Å². The van der Waals surface area contributed by atoms with E-state index in [-0.39, 0.29) is 24.0 Å². The molecule has 104 valence electrons. The molecule has 4 nitrogen and oxygen atoms in total. The van der Waals surface area contributed by atoms with Gasteiger partial charge in [-0.2, -0.15) is 0 Å². The summed E-state index contributed by atoms with van der Waals surface area (Å²) >= 11 is 0. The Balaban J connectivity index is 2.02. The van der Waals surface area contributed by atoms with Gasteiger partial charge in [-0.1, -0.05) is 37.3 Å². The second-order valence-corrected chi connectivity index (χ2v) is 5.19. The summed E-state index contributed by atoms with van der Waals surface area (Å²) in [7, 11) is 0. The van der Waals surface area contributed by atoms with Crippen LogP contribution in [-0.2, 0) is 9.53 Å². The van der Waals surface area contributed by atoms with E-state index in [4.69, 9.17) is 10.5 Å². The van der Waals surface area contributed by atoms with E-state index >= 15 is 0 Å². The van der Waals surface area contributed by atoms with Crippen LogP contribution in [0.5, 0.6) is 0 Å². The predicted octanol–water partition coefficient (Wildman–Crippen LogP) is 1.57. The molecular weight excluding hydrogens is 240 g/mol. The zero-order valence-electron chi connectivity index (χ0n) is 11.6. The van der Waals surface area contributed by atoms with Crippen LogP contribution in [0.2, 0.25) is 0 Å². The van der Waals surface area contributed by atoms with Crippen LogP contribution in [0.3, 0.4) is 0 Å². The lowest BCUT2D eigenvalue weighted by Gasteiger charge is -2.34. The van der Waals surface area contributed by atoms with Gasteiger partial charge in [0, 0.05) is 19.1 Å². The second-order valence-electron chi connectivity index (χ2n) is 5.19. The Morgan fingerprint density at radius 2 is 2.11 bits per heavy atom. The summed E-state index contributed by atoms with van der Waals surface area (Å²) in [6.45, 7) is 5.82. The molecule has 0 radical (unpaired) electrons. The van der Waals surface area contributed by atoms with E-state index in [9.17, 15) is 4.79 Å². The molecule has 1 fully saturated rings. The lowest BCUT2D eigenvalue weighted by molar-refractivity contribution is -0.142. The Morgan fingerprint density at radius 1 is 1.42 bits per heavy atom. The van der Waals surface area contributed by atoms with E-state index in [1.54, 1.807) is 0 Å². The maximum absolute atomic E-state index is 12.4. The van der Waals surface area contributed by atoms with Crippen molar-refractivity contribution in [3.63, 3.8) is 0 Å². The molecule has 0 bridgehead atoms. The molecule has 1 aromatic rings. The zero-order valence-corrected chi connectivity index (χ0v) is 11.6. The first-order valence-electron chi connectivity index (χ1n) is 6.80. The smallest absolute Gasteiger partial charge is 0.227 e. The SMILES string of the molecule is CC1CN(C(=O)C(C)C(N)c2ccccc2)CCO1. The summed E-state index contributed by atoms with van der Waals surface area (Å²) in [6, 6.07) is 9.53. The quantitative estimate of drug-likeness (QED) is 0.899. The molecule has 1 heterocycles. The predicted molar refractivity (Wildman–Crippen MR) is 74.5 cm³/mol. The van der Waals surface area contributed by atoms with Gasteiger partial charge in [0.25, 0.3) is 0 Å². The fourth-order valence-corrected chi connectivity index (χ4v) is 2.42. The lowest BCUT2D eigenvalue weighted by atomic mass is 9.94. The van der Waals surface area contributed by atoms with E-state index in [1.807, 2.05) is 49.1 Å². The van der Waals surface area contributed by atoms with Gasteiger partial charge < -0.3 is 15.4 Å². The summed E-state index contributed by atoms with van der Waals surface area (Å²) in [6.07, 6.45) is 0.109. The summed E-state index contributed by atoms with van der Waals surface area (Å²) in [5, 5.41) is 0. The molecule has 2 N–H and O–H groups in total. The van der Waals surface area contributed by atoms with Gasteiger partial charge in [-0.15, -0.1) is 0 Å². The fraction of sp³-hybridized carbons (Fsp3) is 0.533. The van der Waals surface area contributed by atoms with Crippen LogP contribution in [0, 0.1) is 5.92 Å². The Hall–Kier alpha value is -1.39. The zero-order chi connectivity index (χ0) is 13.8. The molecule has 2 rings (SSSR count). The number of carbonyl (C=O) groups is 1. The molecule has 1 aliphatic heterocycles. The average molecular weight is 262 g/mol. The number of hydrogen-bond acceptors (Lipinski definition) is 3. The van der Waals surface area contributed by atoms with E-state index < -0.39 is 0 Å². The maximum atomic E-state index is 12.4. The molecule has 1 aromatic carbocycles. The molecule has 0 spiro atoms. The monoisotopic (exact) mass is 262 g/mol. The highest BCUT2D eigenvalue weighted by molar-refractivity contribution is 5.79. The van der Waals surface area contributed by atoms with Crippen LogP contribution >= 0.6 is 0 Å². The molecule has 1 amide bonds. The number of hydrogen-bond donors (Lipinski definition) is 1. The van der Waals surface area contributed by atoms with Gasteiger partial charge in [-0.25, -0.2) is 0 Å². The normalized spacial score (nSPS) is 22.9. The van der Waals surface area contributed by atoms with Gasteiger partial charge in [0.1, 0.15) is 0 Å². The second kappa shape index (κ2) is 6.17. The Bertz CT molecular complexity index is 421. The van der Waals surface area contributed by atoms with Crippen LogP contribution in [0.1, 0.15) is 25.5 Å². The third-order valence-electron chi connectivity index (χ3n) is 3.67. The number of ether oxygens (including phenoxy) is 1. The molecule has 0 saturated carbocycles. The van der Waals surface area contributed by atoms with Crippen LogP contribution in [0.4, 0.5) is 0 Å². The largest absolute Gasteiger partial charge is 0.375 e. The number of benzene rings is 1. The lowest BCUT2D eigenvalue weighted by Crippen LogP contribution is -2.48. The molecular formula is C15H22N2O2. The highest BCUT2D eigenvalue weighted by Crippen LogP contribution is 2.22. The van der Waals surface area contributed by atoms with Crippen molar-refractivity contribution < 1.29 is 9.53 Å². The minimum absolute atomic E-state index is 0.109. The summed E-state index contributed by atoms with van der Waals surface area (Å²) < 4.78 is 5.46. The fourth-order valence-electron chi connectivity index (χ4n) is 2.42. The van der Waals surface area contributed by atoms with Crippen molar-refractivity contribution in [3.05, 3.63) is 35.9 Å². The van der Waals surface area contributed by atoms with E-state index in [0.717, 1.165) is 5.56 Å². The van der Waals surface area contributed by atoms with Crippen molar-refractivity contribution >= 4 is 5.91 Å². The highest BCUT2D eigenvalue weighted by Gasteiger charge is 2.29. The molecule has 4 heteroatoms. The molecule has 0 aromatic heterocycles. The summed E-state index contributed by atoms with van der Waals surface area (Å²) in [5.41, 5.74) is 7.21. The number of morpholine rings is 1. The third-order valence-corrected chi connectivity index (χ3v) is 3.67. The third kappa shape index (κ3) is 3.33. The van der Waals surface area contributed by atoms with Crippen LogP contribution in [0.15, 0.2) is 30.3 Å². The van der Waals surface area contributed by atoms with Gasteiger partial charge in [0.15, 0.2) is 0 Å². The highest BCUT2D eigenvalue weighted by atomic mass is 16.5. The molecule has 1 saturated heterocycles. The van der Waals surface area contributed by atoms with E-state index in [2.05, 4.69) is 0 Å².